The number of ether oxygens (including phenoxy) is 2. The summed E-state index contributed by atoms with van der Waals surface area (Å²) in [6, 6.07) is 22.6. The average molecular weight is 538 g/mol. The first-order chi connectivity index (χ1) is 18.5. The van der Waals surface area contributed by atoms with Gasteiger partial charge < -0.3 is 29.5 Å². The minimum Gasteiger partial charge on any atom is -0.493 e. The highest BCUT2D eigenvalue weighted by molar-refractivity contribution is 7.99. The van der Waals surface area contributed by atoms with Gasteiger partial charge in [-0.15, -0.1) is 0 Å². The summed E-state index contributed by atoms with van der Waals surface area (Å²) in [7, 11) is 5.75. The van der Waals surface area contributed by atoms with Crippen LogP contribution < -0.4 is 14.4 Å². The normalized spacial score (nSPS) is 13.4. The predicted molar refractivity (Wildman–Crippen MR) is 154 cm³/mol. The summed E-state index contributed by atoms with van der Waals surface area (Å²) in [4.78, 5) is 8.78. The van der Waals surface area contributed by atoms with E-state index in [1.165, 1.54) is 9.79 Å². The van der Waals surface area contributed by atoms with Crippen LogP contribution in [0.4, 0.5) is 11.4 Å². The lowest BCUT2D eigenvalue weighted by atomic mass is 10.1. The van der Waals surface area contributed by atoms with Gasteiger partial charge in [0.25, 0.3) is 0 Å². The number of nitrogens with zero attached hydrogens (tertiary/aromatic N) is 3. The van der Waals surface area contributed by atoms with E-state index in [4.69, 9.17) is 9.47 Å². The summed E-state index contributed by atoms with van der Waals surface area (Å²) in [6.07, 6.45) is 0.317. The Morgan fingerprint density at radius 3 is 2.24 bits per heavy atom. The fourth-order valence-corrected chi connectivity index (χ4v) is 5.77. The van der Waals surface area contributed by atoms with Gasteiger partial charge in [-0.25, -0.2) is 0 Å². The minimum atomic E-state index is -0.619. The van der Waals surface area contributed by atoms with Crippen molar-refractivity contribution in [3.05, 3.63) is 72.3 Å². The largest absolute Gasteiger partial charge is 0.493 e. The molecular weight excluding hydrogens is 498 g/mol. The number of methoxy groups -OCH3 is 1. The van der Waals surface area contributed by atoms with Crippen LogP contribution >= 0.6 is 11.8 Å². The van der Waals surface area contributed by atoms with Crippen LogP contribution in [-0.2, 0) is 6.54 Å². The van der Waals surface area contributed by atoms with Gasteiger partial charge in [-0.1, -0.05) is 42.1 Å². The lowest BCUT2D eigenvalue weighted by Gasteiger charge is -2.35. The van der Waals surface area contributed by atoms with Crippen molar-refractivity contribution in [3.8, 4) is 11.5 Å². The fourth-order valence-electron chi connectivity index (χ4n) is 4.67. The van der Waals surface area contributed by atoms with E-state index in [2.05, 4.69) is 39.0 Å². The van der Waals surface area contributed by atoms with Crippen LogP contribution in [-0.4, -0.2) is 86.7 Å². The third-order valence-corrected chi connectivity index (χ3v) is 7.58. The molecule has 0 aliphatic carbocycles. The van der Waals surface area contributed by atoms with Crippen LogP contribution in [0, 0.1) is 0 Å². The number of para-hydroxylation sites is 2. The summed E-state index contributed by atoms with van der Waals surface area (Å²) >= 11 is 1.76. The van der Waals surface area contributed by atoms with Crippen molar-refractivity contribution in [1.82, 2.24) is 9.80 Å². The molecule has 3 aromatic carbocycles. The molecule has 4 rings (SSSR count). The van der Waals surface area contributed by atoms with E-state index in [0.29, 0.717) is 38.5 Å². The molecule has 1 atom stereocenters. The average Bonchev–Trinajstić information content (AvgIpc) is 2.91. The van der Waals surface area contributed by atoms with E-state index in [0.717, 1.165) is 35.7 Å². The summed E-state index contributed by atoms with van der Waals surface area (Å²) in [5.74, 6) is 1.42. The van der Waals surface area contributed by atoms with E-state index in [9.17, 15) is 10.2 Å². The number of fused-ring (bicyclic) bond motifs is 2. The Morgan fingerprint density at radius 2 is 1.61 bits per heavy atom. The van der Waals surface area contributed by atoms with Gasteiger partial charge in [-0.2, -0.15) is 0 Å². The maximum Gasteiger partial charge on any atom is 0.161 e. The highest BCUT2D eigenvalue weighted by Gasteiger charge is 2.25. The van der Waals surface area contributed by atoms with Gasteiger partial charge in [0.05, 0.1) is 44.3 Å². The fraction of sp³-hybridized carbons (Fsp3) is 0.400. The molecule has 1 heterocycles. The maximum atomic E-state index is 11.2. The Morgan fingerprint density at radius 1 is 0.921 bits per heavy atom. The van der Waals surface area contributed by atoms with Gasteiger partial charge in [0, 0.05) is 36.0 Å². The zero-order valence-electron chi connectivity index (χ0n) is 22.5. The van der Waals surface area contributed by atoms with Crippen LogP contribution in [0.25, 0.3) is 0 Å². The third kappa shape index (κ3) is 7.42. The molecule has 0 fully saturated rings. The smallest absolute Gasteiger partial charge is 0.161 e. The molecule has 0 amide bonds. The van der Waals surface area contributed by atoms with Gasteiger partial charge >= 0.3 is 0 Å². The highest BCUT2D eigenvalue weighted by atomic mass is 32.2. The molecule has 0 unspecified atom stereocenters. The van der Waals surface area contributed by atoms with Gasteiger partial charge in [0.1, 0.15) is 0 Å². The van der Waals surface area contributed by atoms with Crippen LogP contribution in [0.5, 0.6) is 11.5 Å². The van der Waals surface area contributed by atoms with Crippen molar-refractivity contribution in [2.75, 3.05) is 65.5 Å². The second-order valence-corrected chi connectivity index (χ2v) is 10.8. The number of β-amino-alcohol motifs (C(OH)–C–C–N with tert-alkyl or cyclic N) is 1. The summed E-state index contributed by atoms with van der Waals surface area (Å²) < 4.78 is 11.5. The topological polar surface area (TPSA) is 68.6 Å². The number of aliphatic hydroxyl groups excluding tert-OH is 2. The monoisotopic (exact) mass is 537 g/mol. The first kappa shape index (κ1) is 28.3. The Hall–Kier alpha value is -2.75. The third-order valence-electron chi connectivity index (χ3n) is 6.45. The van der Waals surface area contributed by atoms with E-state index >= 15 is 0 Å². The quantitative estimate of drug-likeness (QED) is 0.292. The molecule has 0 spiro atoms. The number of anilines is 2. The molecule has 0 radical (unpaired) electrons. The Balaban J connectivity index is 1.42. The molecule has 204 valence electrons. The summed E-state index contributed by atoms with van der Waals surface area (Å²) in [6.45, 7) is 3.54. The van der Waals surface area contributed by atoms with Crippen molar-refractivity contribution in [2.24, 2.45) is 0 Å². The van der Waals surface area contributed by atoms with E-state index in [1.807, 2.05) is 56.6 Å². The second-order valence-electron chi connectivity index (χ2n) is 9.75. The van der Waals surface area contributed by atoms with Crippen molar-refractivity contribution in [1.29, 1.82) is 0 Å². The number of aliphatic hydroxyl groups is 2. The number of hydrogen-bond donors (Lipinski definition) is 2. The van der Waals surface area contributed by atoms with Crippen LogP contribution in [0.15, 0.2) is 76.5 Å². The molecule has 38 heavy (non-hydrogen) atoms. The molecule has 0 saturated carbocycles. The second kappa shape index (κ2) is 13.9. The standard InChI is InChI=1S/C30H39N3O4S/c1-31(2)15-8-18-37-27-14-13-23(19-28(27)36-3)20-32(16-17-34)21-24(35)22-33-25-9-4-6-11-29(25)38-30-12-7-5-10-26(30)33/h4-7,9-14,19,24,34-35H,8,15-18,20-22H2,1-3H3/t24-/m0/s1. The van der Waals surface area contributed by atoms with Gasteiger partial charge in [-0.05, 0) is 62.5 Å². The number of rotatable bonds is 14. The SMILES string of the molecule is COc1cc(CN(CCO)C[C@H](O)CN2c3ccccc3Sc3ccccc32)ccc1OCCCN(C)C. The Labute approximate surface area is 230 Å². The number of hydrogen-bond acceptors (Lipinski definition) is 8. The lowest BCUT2D eigenvalue weighted by molar-refractivity contribution is 0.100. The first-order valence-corrected chi connectivity index (χ1v) is 13.9. The lowest BCUT2D eigenvalue weighted by Crippen LogP contribution is -2.40. The van der Waals surface area contributed by atoms with Gasteiger partial charge in [0.15, 0.2) is 11.5 Å². The van der Waals surface area contributed by atoms with Crippen LogP contribution in [0.2, 0.25) is 0 Å². The molecule has 7 nitrogen and oxygen atoms in total. The van der Waals surface area contributed by atoms with E-state index < -0.39 is 6.10 Å². The maximum absolute atomic E-state index is 11.2. The van der Waals surface area contributed by atoms with Crippen molar-refractivity contribution < 1.29 is 19.7 Å². The molecular formula is C30H39N3O4S. The molecule has 1 aliphatic heterocycles. The number of benzene rings is 3. The molecule has 0 aromatic heterocycles. The molecule has 1 aliphatic rings. The minimum absolute atomic E-state index is 0.0168. The van der Waals surface area contributed by atoms with Gasteiger partial charge in [0.2, 0.25) is 0 Å². The molecule has 0 saturated heterocycles. The molecule has 0 bridgehead atoms. The van der Waals surface area contributed by atoms with Crippen molar-refractivity contribution in [2.45, 2.75) is 28.9 Å². The van der Waals surface area contributed by atoms with E-state index in [-0.39, 0.29) is 6.61 Å². The Bertz CT molecular complexity index is 1130. The van der Waals surface area contributed by atoms with E-state index in [1.54, 1.807) is 18.9 Å². The summed E-state index contributed by atoms with van der Waals surface area (Å²) in [5, 5.41) is 20.9. The Kier molecular flexibility index (Phi) is 10.3. The molecule has 3 aromatic rings. The summed E-state index contributed by atoms with van der Waals surface area (Å²) in [5.41, 5.74) is 3.25. The molecule has 2 N–H and O–H groups in total. The van der Waals surface area contributed by atoms with Crippen LogP contribution in [0.3, 0.4) is 0 Å². The molecule has 8 heteroatoms. The highest BCUT2D eigenvalue weighted by Crippen LogP contribution is 2.47. The van der Waals surface area contributed by atoms with Crippen molar-refractivity contribution >= 4 is 23.1 Å². The van der Waals surface area contributed by atoms with Gasteiger partial charge in [-0.3, -0.25) is 4.90 Å². The zero-order chi connectivity index (χ0) is 26.9. The van der Waals surface area contributed by atoms with Crippen LogP contribution in [0.1, 0.15) is 12.0 Å². The first-order valence-electron chi connectivity index (χ1n) is 13.1. The van der Waals surface area contributed by atoms with Crippen molar-refractivity contribution in [3.63, 3.8) is 0 Å². The zero-order valence-corrected chi connectivity index (χ0v) is 23.4. The predicted octanol–water partition coefficient (Wildman–Crippen LogP) is 4.48.